The molecular weight excluding hydrogens is 634 g/mol. The molecule has 47 heavy (non-hydrogen) atoms. The molecule has 0 aliphatic rings. The number of halogens is 1. The van der Waals surface area contributed by atoms with Crippen molar-refractivity contribution >= 4 is 39.1 Å². The quantitative estimate of drug-likeness (QED) is 0.150. The van der Waals surface area contributed by atoms with Crippen LogP contribution in [0.1, 0.15) is 43.9 Å². The van der Waals surface area contributed by atoms with E-state index in [-0.39, 0.29) is 35.5 Å². The number of anilines is 1. The summed E-state index contributed by atoms with van der Waals surface area (Å²) in [4.78, 5) is 30.0. The van der Waals surface area contributed by atoms with Crippen LogP contribution in [-0.4, -0.2) is 50.4 Å². The molecule has 10 heteroatoms. The molecule has 0 radical (unpaired) electrons. The normalized spacial score (nSPS) is 12.5. The van der Waals surface area contributed by atoms with Crippen LogP contribution in [0.15, 0.2) is 108 Å². The molecule has 4 aromatic rings. The Bertz CT molecular complexity index is 1720. The number of carbonyl (C=O) groups excluding carboxylic acids is 2. The van der Waals surface area contributed by atoms with Gasteiger partial charge in [0.05, 0.1) is 17.2 Å². The van der Waals surface area contributed by atoms with Gasteiger partial charge in [0.25, 0.3) is 10.0 Å². The number of hydrogen-bond donors (Lipinski definition) is 1. The van der Waals surface area contributed by atoms with Crippen LogP contribution in [0.3, 0.4) is 0 Å². The van der Waals surface area contributed by atoms with Crippen molar-refractivity contribution in [3.8, 4) is 5.75 Å². The van der Waals surface area contributed by atoms with E-state index in [2.05, 4.69) is 5.32 Å². The second-order valence-corrected chi connectivity index (χ2v) is 13.7. The average molecular weight is 676 g/mol. The van der Waals surface area contributed by atoms with E-state index in [0.29, 0.717) is 23.8 Å². The molecule has 0 heterocycles. The summed E-state index contributed by atoms with van der Waals surface area (Å²) in [7, 11) is -4.20. The highest BCUT2D eigenvalue weighted by Gasteiger charge is 2.35. The second-order valence-electron chi connectivity index (χ2n) is 11.4. The van der Waals surface area contributed by atoms with Crippen LogP contribution in [0, 0.1) is 6.92 Å². The minimum atomic E-state index is -4.20. The third-order valence-corrected chi connectivity index (χ3v) is 9.90. The highest BCUT2D eigenvalue weighted by Crippen LogP contribution is 2.27. The lowest BCUT2D eigenvalue weighted by molar-refractivity contribution is -0.140. The van der Waals surface area contributed by atoms with Crippen LogP contribution in [-0.2, 0) is 32.6 Å². The third-order valence-electron chi connectivity index (χ3n) is 7.86. The standard InChI is InChI=1S/C37H42ClN3O5S/c1-5-28(4)39-37(43)35(24-29-10-8-7-9-11-29)40(25-30-14-16-31(38)17-15-30)36(42)26-41(32-18-20-33(21-19-32)46-6-2)47(44,45)34-22-12-27(3)13-23-34/h7-23,28,35H,5-6,24-26H2,1-4H3,(H,39,43)/t28-,35+/m1/s1. The van der Waals surface area contributed by atoms with Gasteiger partial charge in [0.15, 0.2) is 0 Å². The second kappa shape index (κ2) is 16.5. The molecule has 0 bridgehead atoms. The molecule has 248 valence electrons. The van der Waals surface area contributed by atoms with Crippen LogP contribution in [0.2, 0.25) is 5.02 Å². The SMILES string of the molecule is CCOc1ccc(N(CC(=O)N(Cc2ccc(Cl)cc2)[C@@H](Cc2ccccc2)C(=O)N[C@H](C)CC)S(=O)(=O)c2ccc(C)cc2)cc1. The Kier molecular flexibility index (Phi) is 12.4. The number of nitrogens with one attached hydrogen (secondary N) is 1. The van der Waals surface area contributed by atoms with Crippen molar-refractivity contribution in [3.05, 3.63) is 125 Å². The van der Waals surface area contributed by atoms with E-state index in [1.165, 1.54) is 17.0 Å². The molecular formula is C37H42ClN3O5S. The summed E-state index contributed by atoms with van der Waals surface area (Å²) in [6.07, 6.45) is 0.936. The largest absolute Gasteiger partial charge is 0.494 e. The molecule has 0 aliphatic carbocycles. The minimum Gasteiger partial charge on any atom is -0.494 e. The smallest absolute Gasteiger partial charge is 0.264 e. The highest BCUT2D eigenvalue weighted by molar-refractivity contribution is 7.92. The molecule has 0 aliphatic heterocycles. The zero-order chi connectivity index (χ0) is 34.0. The Hall–Kier alpha value is -4.34. The lowest BCUT2D eigenvalue weighted by Crippen LogP contribution is -2.54. The van der Waals surface area contributed by atoms with Gasteiger partial charge >= 0.3 is 0 Å². The number of rotatable bonds is 15. The van der Waals surface area contributed by atoms with Crippen molar-refractivity contribution in [2.45, 2.75) is 64.1 Å². The summed E-state index contributed by atoms with van der Waals surface area (Å²) in [5.41, 5.74) is 2.79. The van der Waals surface area contributed by atoms with Gasteiger partial charge < -0.3 is 15.0 Å². The molecule has 8 nitrogen and oxygen atoms in total. The van der Waals surface area contributed by atoms with Crippen LogP contribution in [0.25, 0.3) is 0 Å². The first kappa shape index (κ1) is 35.5. The van der Waals surface area contributed by atoms with Crippen LogP contribution in [0.5, 0.6) is 5.75 Å². The molecule has 0 saturated carbocycles. The Balaban J connectivity index is 1.80. The summed E-state index contributed by atoms with van der Waals surface area (Å²) < 4.78 is 35.1. The maximum atomic E-state index is 14.6. The van der Waals surface area contributed by atoms with Gasteiger partial charge in [-0.25, -0.2) is 8.42 Å². The van der Waals surface area contributed by atoms with E-state index in [9.17, 15) is 18.0 Å². The maximum absolute atomic E-state index is 14.6. The first-order valence-electron chi connectivity index (χ1n) is 15.7. The summed E-state index contributed by atoms with van der Waals surface area (Å²) in [5.74, 6) is -0.284. The molecule has 2 amide bonds. The van der Waals surface area contributed by atoms with Crippen LogP contribution in [0.4, 0.5) is 5.69 Å². The Morgan fingerprint density at radius 1 is 0.851 bits per heavy atom. The van der Waals surface area contributed by atoms with E-state index in [4.69, 9.17) is 16.3 Å². The molecule has 1 N–H and O–H groups in total. The number of benzene rings is 4. The average Bonchev–Trinajstić information content (AvgIpc) is 3.07. The molecule has 2 atom stereocenters. The molecule has 4 aromatic carbocycles. The van der Waals surface area contributed by atoms with Crippen LogP contribution >= 0.6 is 11.6 Å². The van der Waals surface area contributed by atoms with Gasteiger partial charge in [-0.2, -0.15) is 0 Å². The minimum absolute atomic E-state index is 0.0457. The van der Waals surface area contributed by atoms with E-state index < -0.39 is 28.5 Å². The van der Waals surface area contributed by atoms with E-state index in [0.717, 1.165) is 21.0 Å². The molecule has 4 rings (SSSR count). The van der Waals surface area contributed by atoms with Gasteiger partial charge in [0.2, 0.25) is 11.8 Å². The predicted octanol–water partition coefficient (Wildman–Crippen LogP) is 6.80. The summed E-state index contributed by atoms with van der Waals surface area (Å²) >= 11 is 6.16. The molecule has 0 aromatic heterocycles. The lowest BCUT2D eigenvalue weighted by Gasteiger charge is -2.34. The van der Waals surface area contributed by atoms with Crippen molar-refractivity contribution in [2.24, 2.45) is 0 Å². The summed E-state index contributed by atoms with van der Waals surface area (Å²) in [5, 5.41) is 3.58. The summed E-state index contributed by atoms with van der Waals surface area (Å²) in [6.45, 7) is 7.58. The van der Waals surface area contributed by atoms with Gasteiger partial charge in [-0.15, -0.1) is 0 Å². The molecule has 0 unspecified atom stereocenters. The van der Waals surface area contributed by atoms with E-state index >= 15 is 0 Å². The van der Waals surface area contributed by atoms with Gasteiger partial charge in [-0.05, 0) is 86.8 Å². The van der Waals surface area contributed by atoms with Gasteiger partial charge in [-0.1, -0.05) is 78.7 Å². The Labute approximate surface area is 283 Å². The van der Waals surface area contributed by atoms with E-state index in [1.54, 1.807) is 60.7 Å². The lowest BCUT2D eigenvalue weighted by atomic mass is 10.0. The molecule has 0 spiro atoms. The zero-order valence-corrected chi connectivity index (χ0v) is 28.8. The number of amides is 2. The van der Waals surface area contributed by atoms with Crippen molar-refractivity contribution in [1.29, 1.82) is 0 Å². The number of sulfonamides is 1. The fraction of sp³-hybridized carbons (Fsp3) is 0.297. The van der Waals surface area contributed by atoms with Crippen LogP contribution < -0.4 is 14.4 Å². The summed E-state index contributed by atoms with van der Waals surface area (Å²) in [6, 6.07) is 28.5. The fourth-order valence-electron chi connectivity index (χ4n) is 5.02. The predicted molar refractivity (Wildman–Crippen MR) is 187 cm³/mol. The van der Waals surface area contributed by atoms with Crippen molar-refractivity contribution in [1.82, 2.24) is 10.2 Å². The molecule has 0 saturated heterocycles. The number of hydrogen-bond acceptors (Lipinski definition) is 5. The van der Waals surface area contributed by atoms with Crippen molar-refractivity contribution in [2.75, 3.05) is 17.5 Å². The Morgan fingerprint density at radius 3 is 2.09 bits per heavy atom. The van der Waals surface area contributed by atoms with Crippen molar-refractivity contribution < 1.29 is 22.7 Å². The zero-order valence-electron chi connectivity index (χ0n) is 27.2. The topological polar surface area (TPSA) is 96.0 Å². The fourth-order valence-corrected chi connectivity index (χ4v) is 6.56. The number of ether oxygens (including phenoxy) is 1. The monoisotopic (exact) mass is 675 g/mol. The Morgan fingerprint density at radius 2 is 1.49 bits per heavy atom. The first-order valence-corrected chi connectivity index (χ1v) is 17.5. The van der Waals surface area contributed by atoms with Gasteiger partial charge in [0.1, 0.15) is 18.3 Å². The third kappa shape index (κ3) is 9.59. The highest BCUT2D eigenvalue weighted by atomic mass is 35.5. The van der Waals surface area contributed by atoms with Crippen molar-refractivity contribution in [3.63, 3.8) is 0 Å². The number of nitrogens with zero attached hydrogens (tertiary/aromatic N) is 2. The van der Waals surface area contributed by atoms with E-state index in [1.807, 2.05) is 58.0 Å². The van der Waals surface area contributed by atoms with Gasteiger partial charge in [0, 0.05) is 24.0 Å². The number of carbonyl (C=O) groups is 2. The maximum Gasteiger partial charge on any atom is 0.264 e. The first-order chi connectivity index (χ1) is 22.5. The van der Waals surface area contributed by atoms with Gasteiger partial charge in [-0.3, -0.25) is 13.9 Å². The molecule has 0 fully saturated rings. The number of aryl methyl sites for hydroxylation is 1.